The molecule has 7 nitrogen and oxygen atoms in total. The largest absolute Gasteiger partial charge is 0.307 e. The van der Waals surface area contributed by atoms with Crippen LogP contribution in [0.3, 0.4) is 0 Å². The molecule has 10 rings (SSSR count). The zero-order valence-electron chi connectivity index (χ0n) is 25.6. The van der Waals surface area contributed by atoms with Crippen LogP contribution in [0.1, 0.15) is 0 Å². The molecule has 0 aliphatic rings. The van der Waals surface area contributed by atoms with E-state index in [0.29, 0.717) is 17.6 Å². The normalized spacial score (nSPS) is 11.8. The van der Waals surface area contributed by atoms with Crippen LogP contribution < -0.4 is 0 Å². The predicted octanol–water partition coefficient (Wildman–Crippen LogP) is 9.34. The summed E-state index contributed by atoms with van der Waals surface area (Å²) in [6, 6.07) is 47.8. The summed E-state index contributed by atoms with van der Waals surface area (Å²) in [7, 11) is 0. The highest BCUT2D eigenvalue weighted by Crippen LogP contribution is 2.43. The molecule has 0 spiro atoms. The average Bonchev–Trinajstić information content (AvgIpc) is 3.69. The van der Waals surface area contributed by atoms with Crippen LogP contribution in [-0.4, -0.2) is 34.1 Å². The molecule has 0 amide bonds. The van der Waals surface area contributed by atoms with E-state index in [4.69, 9.17) is 19.9 Å². The molecule has 224 valence electrons. The van der Waals surface area contributed by atoms with Crippen molar-refractivity contribution < 1.29 is 0 Å². The fourth-order valence-electron chi connectivity index (χ4n) is 7.02. The molecule has 0 saturated carbocycles. The summed E-state index contributed by atoms with van der Waals surface area (Å²) in [5.41, 5.74) is 8.75. The molecule has 0 saturated heterocycles. The van der Waals surface area contributed by atoms with Gasteiger partial charge in [-0.1, -0.05) is 109 Å². The van der Waals surface area contributed by atoms with Crippen LogP contribution in [0.5, 0.6) is 0 Å². The zero-order valence-corrected chi connectivity index (χ0v) is 25.6. The van der Waals surface area contributed by atoms with Crippen LogP contribution in [0, 0.1) is 0 Å². The summed E-state index contributed by atoms with van der Waals surface area (Å²) in [6.07, 6.45) is 3.51. The number of hydrogen-bond acceptors (Lipinski definition) is 5. The van der Waals surface area contributed by atoms with E-state index in [1.807, 2.05) is 66.7 Å². The van der Waals surface area contributed by atoms with Crippen LogP contribution in [-0.2, 0) is 0 Å². The first-order chi connectivity index (χ1) is 23.8. The van der Waals surface area contributed by atoms with E-state index in [1.54, 1.807) is 12.4 Å². The summed E-state index contributed by atoms with van der Waals surface area (Å²) in [5, 5.41) is 4.36. The Balaban J connectivity index is 1.42. The number of benzene rings is 6. The van der Waals surface area contributed by atoms with Crippen LogP contribution in [0.2, 0.25) is 0 Å². The van der Waals surface area contributed by atoms with Crippen molar-refractivity contribution >= 4 is 54.6 Å². The van der Waals surface area contributed by atoms with Gasteiger partial charge in [-0.05, 0) is 30.3 Å². The number of para-hydroxylation sites is 2. The molecule has 0 aliphatic heterocycles. The topological polar surface area (TPSA) is 74.3 Å². The minimum Gasteiger partial charge on any atom is -0.307 e. The van der Waals surface area contributed by atoms with E-state index >= 15 is 0 Å². The van der Waals surface area contributed by atoms with Crippen molar-refractivity contribution in [2.75, 3.05) is 0 Å². The van der Waals surface area contributed by atoms with Gasteiger partial charge in [0.1, 0.15) is 0 Å². The monoisotopic (exact) mass is 615 g/mol. The maximum atomic E-state index is 5.19. The molecule has 0 unspecified atom stereocenters. The Kier molecular flexibility index (Phi) is 5.74. The lowest BCUT2D eigenvalue weighted by Gasteiger charge is -2.13. The molecular formula is C41H25N7. The lowest BCUT2D eigenvalue weighted by molar-refractivity contribution is 0.953. The second kappa shape index (κ2) is 10.4. The first-order valence-electron chi connectivity index (χ1n) is 15.9. The predicted molar refractivity (Wildman–Crippen MR) is 192 cm³/mol. The van der Waals surface area contributed by atoms with Gasteiger partial charge in [-0.25, -0.2) is 4.98 Å². The van der Waals surface area contributed by atoms with Gasteiger partial charge < -0.3 is 4.57 Å². The van der Waals surface area contributed by atoms with Crippen molar-refractivity contribution in [3.8, 4) is 34.4 Å². The Morgan fingerprint density at radius 2 is 1.02 bits per heavy atom. The van der Waals surface area contributed by atoms with Gasteiger partial charge in [0.15, 0.2) is 11.6 Å². The third-order valence-electron chi connectivity index (χ3n) is 9.06. The molecule has 48 heavy (non-hydrogen) atoms. The molecule has 0 atom stereocenters. The van der Waals surface area contributed by atoms with Crippen molar-refractivity contribution in [3.63, 3.8) is 0 Å². The summed E-state index contributed by atoms with van der Waals surface area (Å²) in [5.74, 6) is 1.78. The van der Waals surface area contributed by atoms with Gasteiger partial charge in [-0.15, -0.1) is 0 Å². The van der Waals surface area contributed by atoms with E-state index in [-0.39, 0.29) is 0 Å². The van der Waals surface area contributed by atoms with E-state index in [1.165, 1.54) is 0 Å². The first kappa shape index (κ1) is 26.5. The molecule has 4 heterocycles. The lowest BCUT2D eigenvalue weighted by Crippen LogP contribution is -2.07. The van der Waals surface area contributed by atoms with Crippen molar-refractivity contribution in [1.82, 2.24) is 34.1 Å². The Hall–Kier alpha value is -6.73. The van der Waals surface area contributed by atoms with E-state index < -0.39 is 0 Å². The number of hydrogen-bond donors (Lipinski definition) is 0. The maximum Gasteiger partial charge on any atom is 0.238 e. The van der Waals surface area contributed by atoms with Gasteiger partial charge in [-0.3, -0.25) is 14.5 Å². The minimum absolute atomic E-state index is 0.552. The molecular weight excluding hydrogens is 591 g/mol. The summed E-state index contributed by atoms with van der Waals surface area (Å²) < 4.78 is 4.55. The van der Waals surface area contributed by atoms with E-state index in [0.717, 1.165) is 71.5 Å². The van der Waals surface area contributed by atoms with Crippen LogP contribution >= 0.6 is 0 Å². The highest BCUT2D eigenvalue weighted by Gasteiger charge is 2.24. The third-order valence-corrected chi connectivity index (χ3v) is 9.06. The second-order valence-corrected chi connectivity index (χ2v) is 11.8. The van der Waals surface area contributed by atoms with Gasteiger partial charge in [-0.2, -0.15) is 9.97 Å². The maximum absolute atomic E-state index is 5.19. The van der Waals surface area contributed by atoms with E-state index in [9.17, 15) is 0 Å². The van der Waals surface area contributed by atoms with Crippen molar-refractivity contribution in [3.05, 3.63) is 152 Å². The summed E-state index contributed by atoms with van der Waals surface area (Å²) in [4.78, 5) is 24.9. The summed E-state index contributed by atoms with van der Waals surface area (Å²) >= 11 is 0. The van der Waals surface area contributed by atoms with Crippen molar-refractivity contribution in [2.45, 2.75) is 0 Å². The van der Waals surface area contributed by atoms with Gasteiger partial charge in [0, 0.05) is 50.8 Å². The lowest BCUT2D eigenvalue weighted by atomic mass is 10.1. The van der Waals surface area contributed by atoms with Crippen LogP contribution in [0.15, 0.2) is 152 Å². The molecule has 4 aromatic heterocycles. The Morgan fingerprint density at radius 1 is 0.417 bits per heavy atom. The number of rotatable bonds is 4. The first-order valence-corrected chi connectivity index (χ1v) is 15.9. The number of aromatic nitrogens is 7. The van der Waals surface area contributed by atoms with Gasteiger partial charge in [0.2, 0.25) is 5.95 Å². The molecule has 0 bridgehead atoms. The van der Waals surface area contributed by atoms with Crippen molar-refractivity contribution in [1.29, 1.82) is 0 Å². The molecule has 0 N–H and O–H groups in total. The minimum atomic E-state index is 0.552. The fourth-order valence-corrected chi connectivity index (χ4v) is 7.02. The standard InChI is InChI=1S/C41H25N7/c1-4-12-26(13-5-1)39-44-40(27-14-6-2-7-15-27)46-41(45-39)48-33-19-11-10-18-29(33)30-20-21-31-35-34(23-22-32-36(35)43-25-24-42-32)47(38(31)37(30)48)28-16-8-3-9-17-28/h1-25H. The van der Waals surface area contributed by atoms with Crippen LogP contribution in [0.4, 0.5) is 0 Å². The van der Waals surface area contributed by atoms with Gasteiger partial charge >= 0.3 is 0 Å². The SMILES string of the molecule is c1ccc(-c2nc(-c3ccccc3)nc(-n3c4ccccc4c4ccc5c6c7nccnc7ccc6n(-c6ccccc6)c5c43)n2)cc1. The molecule has 0 fully saturated rings. The number of nitrogens with zero attached hydrogens (tertiary/aromatic N) is 7. The highest BCUT2D eigenvalue weighted by atomic mass is 15.2. The fraction of sp³-hybridized carbons (Fsp3) is 0. The Labute approximate surface area is 274 Å². The molecule has 0 radical (unpaired) electrons. The van der Waals surface area contributed by atoms with Gasteiger partial charge in [0.05, 0.1) is 33.1 Å². The number of fused-ring (bicyclic) bond motifs is 9. The van der Waals surface area contributed by atoms with Crippen molar-refractivity contribution in [2.24, 2.45) is 0 Å². The molecule has 10 aromatic rings. The van der Waals surface area contributed by atoms with Crippen LogP contribution in [0.25, 0.3) is 89.1 Å². The average molecular weight is 616 g/mol. The zero-order chi connectivity index (χ0) is 31.6. The summed E-state index contributed by atoms with van der Waals surface area (Å²) in [6.45, 7) is 0. The molecule has 7 heteroatoms. The van der Waals surface area contributed by atoms with E-state index in [2.05, 4.69) is 86.9 Å². The Morgan fingerprint density at radius 3 is 1.75 bits per heavy atom. The molecule has 6 aromatic carbocycles. The molecule has 0 aliphatic carbocycles. The Bertz CT molecular complexity index is 2760. The highest BCUT2D eigenvalue weighted by molar-refractivity contribution is 6.27. The quantitative estimate of drug-likeness (QED) is 0.197. The second-order valence-electron chi connectivity index (χ2n) is 11.8. The van der Waals surface area contributed by atoms with Gasteiger partial charge in [0.25, 0.3) is 0 Å². The third kappa shape index (κ3) is 3.91. The smallest absolute Gasteiger partial charge is 0.238 e.